The van der Waals surface area contributed by atoms with Crippen molar-refractivity contribution < 1.29 is 14.3 Å². The van der Waals surface area contributed by atoms with Gasteiger partial charge in [0.2, 0.25) is 0 Å². The first-order valence-electron chi connectivity index (χ1n) is 11.4. The van der Waals surface area contributed by atoms with Gasteiger partial charge in [0.15, 0.2) is 0 Å². The van der Waals surface area contributed by atoms with Gasteiger partial charge in [-0.25, -0.2) is 0 Å². The number of ether oxygens (including phenoxy) is 1. The van der Waals surface area contributed by atoms with E-state index in [1.165, 1.54) is 16.4 Å². The standard InChI is InChI=1S/C28H38O3Si/c1-7-16-23(3)27(26(29)8-2)30-21-15-22-31-32(28(4,5)6,24-17-11-9-12-18-24)25-19-13-10-14-20-25/h1,8-14,17-20,23,26-27,29H,2,15-16,21-22H2,3-6H3/t23-,26?,27-/m1/s1. The van der Waals surface area contributed by atoms with Gasteiger partial charge in [0, 0.05) is 19.6 Å². The SMILES string of the molecule is C#CC[C@@H](C)[C@@H](OCCCO[Si](c1ccccc1)(c1ccccc1)C(C)(C)C)C(O)C=C. The molecule has 2 aromatic carbocycles. The van der Waals surface area contributed by atoms with Crippen LogP contribution in [0.3, 0.4) is 0 Å². The fourth-order valence-corrected chi connectivity index (χ4v) is 8.91. The number of benzene rings is 2. The third kappa shape index (κ3) is 6.21. The highest BCUT2D eigenvalue weighted by atomic mass is 28.4. The third-order valence-corrected chi connectivity index (χ3v) is 11.0. The Morgan fingerprint density at radius 1 is 1.03 bits per heavy atom. The van der Waals surface area contributed by atoms with Crippen molar-refractivity contribution in [1.29, 1.82) is 0 Å². The Hall–Kier alpha value is -2.16. The predicted octanol–water partition coefficient (Wildman–Crippen LogP) is 4.54. The maximum Gasteiger partial charge on any atom is 0.261 e. The zero-order chi connectivity index (χ0) is 23.6. The average Bonchev–Trinajstić information content (AvgIpc) is 2.78. The summed E-state index contributed by atoms with van der Waals surface area (Å²) < 4.78 is 12.9. The topological polar surface area (TPSA) is 38.7 Å². The minimum absolute atomic E-state index is 0.0468. The highest BCUT2D eigenvalue weighted by molar-refractivity contribution is 6.99. The third-order valence-electron chi connectivity index (χ3n) is 5.91. The van der Waals surface area contributed by atoms with E-state index in [2.05, 4.69) is 81.8 Å². The molecule has 0 spiro atoms. The Labute approximate surface area is 195 Å². The molecule has 1 N–H and O–H groups in total. The minimum atomic E-state index is -2.54. The Bertz CT molecular complexity index is 812. The van der Waals surface area contributed by atoms with Gasteiger partial charge in [0.1, 0.15) is 0 Å². The first-order chi connectivity index (χ1) is 15.3. The molecule has 172 valence electrons. The van der Waals surface area contributed by atoms with Crippen molar-refractivity contribution in [2.75, 3.05) is 13.2 Å². The molecule has 2 aromatic rings. The Balaban J connectivity index is 2.18. The van der Waals surface area contributed by atoms with Gasteiger partial charge in [-0.05, 0) is 27.8 Å². The lowest BCUT2D eigenvalue weighted by molar-refractivity contribution is -0.0486. The van der Waals surface area contributed by atoms with Crippen molar-refractivity contribution in [3.63, 3.8) is 0 Å². The van der Waals surface area contributed by atoms with Crippen molar-refractivity contribution in [2.24, 2.45) is 5.92 Å². The average molecular weight is 451 g/mol. The molecule has 0 saturated heterocycles. The molecule has 0 fully saturated rings. The summed E-state index contributed by atoms with van der Waals surface area (Å²) in [6.45, 7) is 13.6. The summed E-state index contributed by atoms with van der Waals surface area (Å²) in [5.41, 5.74) is 0. The summed E-state index contributed by atoms with van der Waals surface area (Å²) in [7, 11) is -2.54. The largest absolute Gasteiger partial charge is 0.407 e. The van der Waals surface area contributed by atoms with Crippen molar-refractivity contribution in [1.82, 2.24) is 0 Å². The first kappa shape index (κ1) is 26.1. The molecule has 0 heterocycles. The van der Waals surface area contributed by atoms with E-state index in [9.17, 15) is 5.11 Å². The van der Waals surface area contributed by atoms with Gasteiger partial charge in [-0.15, -0.1) is 18.9 Å². The van der Waals surface area contributed by atoms with Crippen LogP contribution >= 0.6 is 0 Å². The Morgan fingerprint density at radius 3 is 2.00 bits per heavy atom. The van der Waals surface area contributed by atoms with Crippen LogP contribution in [-0.2, 0) is 9.16 Å². The molecule has 32 heavy (non-hydrogen) atoms. The lowest BCUT2D eigenvalue weighted by atomic mass is 9.96. The van der Waals surface area contributed by atoms with E-state index in [0.717, 1.165) is 6.42 Å². The monoisotopic (exact) mass is 450 g/mol. The lowest BCUT2D eigenvalue weighted by Crippen LogP contribution is -2.66. The van der Waals surface area contributed by atoms with Crippen LogP contribution in [0.1, 0.15) is 40.5 Å². The van der Waals surface area contributed by atoms with Gasteiger partial charge in [0.05, 0.1) is 12.2 Å². The van der Waals surface area contributed by atoms with Crippen LogP contribution in [0.25, 0.3) is 0 Å². The molecule has 0 aromatic heterocycles. The van der Waals surface area contributed by atoms with Crippen molar-refractivity contribution in [3.05, 3.63) is 73.3 Å². The van der Waals surface area contributed by atoms with Gasteiger partial charge in [-0.1, -0.05) is 94.4 Å². The minimum Gasteiger partial charge on any atom is -0.407 e. The van der Waals surface area contributed by atoms with E-state index in [-0.39, 0.29) is 17.1 Å². The molecule has 0 aliphatic heterocycles. The van der Waals surface area contributed by atoms with Crippen LogP contribution in [0.15, 0.2) is 73.3 Å². The fraction of sp³-hybridized carbons (Fsp3) is 0.429. The van der Waals surface area contributed by atoms with E-state index >= 15 is 0 Å². The Kier molecular flexibility index (Phi) is 9.93. The molecule has 3 atom stereocenters. The summed E-state index contributed by atoms with van der Waals surface area (Å²) >= 11 is 0. The van der Waals surface area contributed by atoms with Crippen LogP contribution in [0.4, 0.5) is 0 Å². The normalized spacial score (nSPS) is 14.9. The van der Waals surface area contributed by atoms with E-state index < -0.39 is 14.4 Å². The van der Waals surface area contributed by atoms with E-state index in [0.29, 0.717) is 19.6 Å². The lowest BCUT2D eigenvalue weighted by Gasteiger charge is -2.43. The highest BCUT2D eigenvalue weighted by Crippen LogP contribution is 2.36. The smallest absolute Gasteiger partial charge is 0.261 e. The fourth-order valence-electron chi connectivity index (χ4n) is 4.30. The number of hydrogen-bond donors (Lipinski definition) is 1. The molecule has 0 aliphatic carbocycles. The van der Waals surface area contributed by atoms with Gasteiger partial charge < -0.3 is 14.3 Å². The number of terminal acetylenes is 1. The number of aliphatic hydroxyl groups is 1. The molecule has 2 rings (SSSR count). The van der Waals surface area contributed by atoms with Crippen LogP contribution in [0.2, 0.25) is 5.04 Å². The second-order valence-corrected chi connectivity index (χ2v) is 13.6. The van der Waals surface area contributed by atoms with Crippen LogP contribution in [0.5, 0.6) is 0 Å². The maximum atomic E-state index is 10.3. The highest BCUT2D eigenvalue weighted by Gasteiger charge is 2.49. The molecule has 0 aliphatic rings. The molecule has 1 unspecified atom stereocenters. The van der Waals surface area contributed by atoms with Gasteiger partial charge in [0.25, 0.3) is 8.32 Å². The zero-order valence-corrected chi connectivity index (χ0v) is 21.0. The quantitative estimate of drug-likeness (QED) is 0.223. The summed E-state index contributed by atoms with van der Waals surface area (Å²) in [5, 5.41) is 12.7. The van der Waals surface area contributed by atoms with Crippen LogP contribution < -0.4 is 10.4 Å². The van der Waals surface area contributed by atoms with Crippen molar-refractivity contribution >= 4 is 18.7 Å². The Morgan fingerprint density at radius 2 is 1.56 bits per heavy atom. The molecule has 0 radical (unpaired) electrons. The molecular formula is C28H38O3Si. The number of hydrogen-bond acceptors (Lipinski definition) is 3. The molecule has 4 heteroatoms. The summed E-state index contributed by atoms with van der Waals surface area (Å²) in [6.07, 6.45) is 7.14. The van der Waals surface area contributed by atoms with Gasteiger partial charge in [-0.3, -0.25) is 0 Å². The zero-order valence-electron chi connectivity index (χ0n) is 20.0. The summed E-state index contributed by atoms with van der Waals surface area (Å²) in [6, 6.07) is 21.2. The van der Waals surface area contributed by atoms with Crippen LogP contribution in [-0.4, -0.2) is 38.8 Å². The van der Waals surface area contributed by atoms with Crippen molar-refractivity contribution in [2.45, 2.75) is 57.8 Å². The molecular weight excluding hydrogens is 412 g/mol. The van der Waals surface area contributed by atoms with Crippen LogP contribution in [0, 0.1) is 18.3 Å². The predicted molar refractivity (Wildman–Crippen MR) is 137 cm³/mol. The molecule has 3 nitrogen and oxygen atoms in total. The second-order valence-electron chi connectivity index (χ2n) is 9.31. The van der Waals surface area contributed by atoms with Gasteiger partial charge in [-0.2, -0.15) is 0 Å². The maximum absolute atomic E-state index is 10.3. The summed E-state index contributed by atoms with van der Waals surface area (Å²) in [5.74, 6) is 2.70. The summed E-state index contributed by atoms with van der Waals surface area (Å²) in [4.78, 5) is 0. The van der Waals surface area contributed by atoms with E-state index in [4.69, 9.17) is 15.6 Å². The number of rotatable bonds is 12. The molecule has 0 bridgehead atoms. The first-order valence-corrected chi connectivity index (χ1v) is 13.3. The number of aliphatic hydroxyl groups excluding tert-OH is 1. The molecule has 0 saturated carbocycles. The molecule has 0 amide bonds. The second kappa shape index (κ2) is 12.2. The van der Waals surface area contributed by atoms with E-state index in [1.807, 2.05) is 19.1 Å². The van der Waals surface area contributed by atoms with E-state index in [1.54, 1.807) is 0 Å². The van der Waals surface area contributed by atoms with Gasteiger partial charge >= 0.3 is 0 Å². The van der Waals surface area contributed by atoms with Crippen molar-refractivity contribution in [3.8, 4) is 12.3 Å².